The lowest BCUT2D eigenvalue weighted by molar-refractivity contribution is 0.193. The number of hydrogen-bond donors (Lipinski definition) is 3. The van der Waals surface area contributed by atoms with Crippen LogP contribution in [0.3, 0.4) is 0 Å². The van der Waals surface area contributed by atoms with Crippen molar-refractivity contribution in [3.05, 3.63) is 28.2 Å². The third kappa shape index (κ3) is 3.05. The molecular weight excluding hydrogens is 226 g/mol. The standard InChI is InChI=1S/C7H9NO6S/c1-4(14-15(11,12)13)6-7(10)5(9)2-3-8-6/h2-4,10H,1H3,(H,8,9)(H,11,12,13). The van der Waals surface area contributed by atoms with E-state index in [1.807, 2.05) is 0 Å². The van der Waals surface area contributed by atoms with Crippen molar-refractivity contribution in [3.8, 4) is 5.75 Å². The van der Waals surface area contributed by atoms with Crippen molar-refractivity contribution in [1.29, 1.82) is 0 Å². The van der Waals surface area contributed by atoms with E-state index in [-0.39, 0.29) is 5.69 Å². The first-order chi connectivity index (χ1) is 6.81. The predicted octanol–water partition coefficient (Wildman–Crippen LogP) is -0.0391. The molecule has 0 aliphatic rings. The zero-order chi connectivity index (χ0) is 11.6. The smallest absolute Gasteiger partial charge is 0.397 e. The summed E-state index contributed by atoms with van der Waals surface area (Å²) in [5.41, 5.74) is -0.797. The molecule has 1 unspecified atom stereocenters. The number of nitrogens with one attached hydrogen (secondary N) is 1. The molecule has 1 aromatic rings. The number of aromatic amines is 1. The minimum Gasteiger partial charge on any atom is -0.503 e. The van der Waals surface area contributed by atoms with E-state index in [9.17, 15) is 18.3 Å². The van der Waals surface area contributed by atoms with Crippen molar-refractivity contribution >= 4 is 10.4 Å². The van der Waals surface area contributed by atoms with Crippen molar-refractivity contribution in [2.45, 2.75) is 13.0 Å². The molecule has 1 atom stereocenters. The molecule has 3 N–H and O–H groups in total. The normalized spacial score (nSPS) is 13.7. The van der Waals surface area contributed by atoms with Gasteiger partial charge < -0.3 is 10.1 Å². The second-order valence-electron chi connectivity index (χ2n) is 2.77. The first kappa shape index (κ1) is 11.7. The van der Waals surface area contributed by atoms with Gasteiger partial charge in [-0.15, -0.1) is 0 Å². The number of aromatic hydroxyl groups is 1. The van der Waals surface area contributed by atoms with Gasteiger partial charge in [0.2, 0.25) is 5.43 Å². The average Bonchev–Trinajstić information content (AvgIpc) is 2.06. The van der Waals surface area contributed by atoms with E-state index in [1.165, 1.54) is 13.1 Å². The number of hydrogen-bond acceptors (Lipinski definition) is 5. The molecule has 84 valence electrons. The van der Waals surface area contributed by atoms with Gasteiger partial charge in [0, 0.05) is 12.3 Å². The molecular formula is C7H9NO6S. The van der Waals surface area contributed by atoms with Crippen LogP contribution in [0.4, 0.5) is 0 Å². The van der Waals surface area contributed by atoms with Crippen LogP contribution in [-0.4, -0.2) is 23.1 Å². The molecule has 1 rings (SSSR count). The fourth-order valence-electron chi connectivity index (χ4n) is 1.03. The number of rotatable bonds is 3. The molecule has 1 heterocycles. The molecule has 0 radical (unpaired) electrons. The summed E-state index contributed by atoms with van der Waals surface area (Å²) in [4.78, 5) is 13.4. The van der Waals surface area contributed by atoms with Crippen LogP contribution in [0.15, 0.2) is 17.1 Å². The van der Waals surface area contributed by atoms with Gasteiger partial charge in [-0.3, -0.25) is 9.35 Å². The molecule has 0 aliphatic carbocycles. The maximum absolute atomic E-state index is 11.0. The van der Waals surface area contributed by atoms with E-state index in [0.717, 1.165) is 6.07 Å². The van der Waals surface area contributed by atoms with Crippen LogP contribution >= 0.6 is 0 Å². The highest BCUT2D eigenvalue weighted by molar-refractivity contribution is 7.80. The quantitative estimate of drug-likeness (QED) is 0.633. The second-order valence-corrected chi connectivity index (χ2v) is 3.82. The first-order valence-corrected chi connectivity index (χ1v) is 5.24. The Morgan fingerprint density at radius 1 is 1.53 bits per heavy atom. The van der Waals surface area contributed by atoms with Crippen LogP contribution in [0.25, 0.3) is 0 Å². The third-order valence-electron chi connectivity index (χ3n) is 1.63. The van der Waals surface area contributed by atoms with Gasteiger partial charge in [0.1, 0.15) is 6.10 Å². The molecule has 0 aromatic carbocycles. The zero-order valence-electron chi connectivity index (χ0n) is 7.67. The lowest BCUT2D eigenvalue weighted by Crippen LogP contribution is -2.12. The van der Waals surface area contributed by atoms with Gasteiger partial charge in [0.15, 0.2) is 5.75 Å². The molecule has 0 amide bonds. The first-order valence-electron chi connectivity index (χ1n) is 3.87. The van der Waals surface area contributed by atoms with Crippen LogP contribution in [-0.2, 0) is 14.6 Å². The minimum absolute atomic E-state index is 0.125. The summed E-state index contributed by atoms with van der Waals surface area (Å²) < 4.78 is 33.3. The van der Waals surface area contributed by atoms with Gasteiger partial charge in [-0.2, -0.15) is 8.42 Å². The molecule has 7 nitrogen and oxygen atoms in total. The molecule has 0 fully saturated rings. The van der Waals surface area contributed by atoms with E-state index in [0.29, 0.717) is 0 Å². The van der Waals surface area contributed by atoms with Crippen LogP contribution in [0, 0.1) is 0 Å². The maximum atomic E-state index is 11.0. The monoisotopic (exact) mass is 235 g/mol. The lowest BCUT2D eigenvalue weighted by atomic mass is 10.2. The second kappa shape index (κ2) is 4.01. The molecule has 15 heavy (non-hydrogen) atoms. The van der Waals surface area contributed by atoms with E-state index < -0.39 is 27.7 Å². The number of pyridine rings is 1. The molecule has 8 heteroatoms. The summed E-state index contributed by atoms with van der Waals surface area (Å²) in [6, 6.07) is 1.07. The van der Waals surface area contributed by atoms with Gasteiger partial charge >= 0.3 is 10.4 Å². The number of H-pyrrole nitrogens is 1. The highest BCUT2D eigenvalue weighted by Gasteiger charge is 2.19. The van der Waals surface area contributed by atoms with Crippen molar-refractivity contribution < 1.29 is 22.3 Å². The van der Waals surface area contributed by atoms with Gasteiger partial charge in [-0.25, -0.2) is 4.18 Å². The highest BCUT2D eigenvalue weighted by Crippen LogP contribution is 2.21. The van der Waals surface area contributed by atoms with Crippen molar-refractivity contribution in [3.63, 3.8) is 0 Å². The third-order valence-corrected chi connectivity index (χ3v) is 2.17. The fourth-order valence-corrected chi connectivity index (χ4v) is 1.49. The highest BCUT2D eigenvalue weighted by atomic mass is 32.3. The van der Waals surface area contributed by atoms with Crippen LogP contribution in [0.2, 0.25) is 0 Å². The fraction of sp³-hybridized carbons (Fsp3) is 0.286. The summed E-state index contributed by atoms with van der Waals surface area (Å²) in [6.07, 6.45) is 0.0372. The summed E-state index contributed by atoms with van der Waals surface area (Å²) >= 11 is 0. The Morgan fingerprint density at radius 3 is 2.67 bits per heavy atom. The summed E-state index contributed by atoms with van der Waals surface area (Å²) in [5, 5.41) is 9.26. The molecule has 0 aliphatic heterocycles. The predicted molar refractivity (Wildman–Crippen MR) is 49.8 cm³/mol. The average molecular weight is 235 g/mol. The van der Waals surface area contributed by atoms with E-state index >= 15 is 0 Å². The Labute approximate surface area is 85.3 Å². The Morgan fingerprint density at radius 2 is 2.13 bits per heavy atom. The topological polar surface area (TPSA) is 117 Å². The van der Waals surface area contributed by atoms with E-state index in [4.69, 9.17) is 4.55 Å². The van der Waals surface area contributed by atoms with E-state index in [2.05, 4.69) is 9.17 Å². The Balaban J connectivity index is 3.07. The molecule has 0 bridgehead atoms. The molecule has 0 saturated carbocycles. The van der Waals surface area contributed by atoms with Gasteiger partial charge in [-0.1, -0.05) is 0 Å². The van der Waals surface area contributed by atoms with Gasteiger partial charge in [0.25, 0.3) is 0 Å². The largest absolute Gasteiger partial charge is 0.503 e. The summed E-state index contributed by atoms with van der Waals surface area (Å²) in [7, 11) is -4.63. The van der Waals surface area contributed by atoms with Crippen LogP contribution < -0.4 is 5.43 Å². The van der Waals surface area contributed by atoms with Crippen LogP contribution in [0.1, 0.15) is 18.7 Å². The minimum atomic E-state index is -4.63. The number of aromatic nitrogens is 1. The van der Waals surface area contributed by atoms with Crippen molar-refractivity contribution in [2.24, 2.45) is 0 Å². The van der Waals surface area contributed by atoms with Gasteiger partial charge in [0.05, 0.1) is 5.69 Å². The molecule has 0 saturated heterocycles. The lowest BCUT2D eigenvalue weighted by Gasteiger charge is -2.10. The van der Waals surface area contributed by atoms with Gasteiger partial charge in [-0.05, 0) is 6.92 Å². The maximum Gasteiger partial charge on any atom is 0.397 e. The summed E-state index contributed by atoms with van der Waals surface area (Å²) in [6.45, 7) is 1.25. The van der Waals surface area contributed by atoms with E-state index in [1.54, 1.807) is 0 Å². The Hall–Kier alpha value is -1.38. The molecule has 0 spiro atoms. The zero-order valence-corrected chi connectivity index (χ0v) is 8.48. The Bertz CT molecular complexity index is 504. The molecule has 1 aromatic heterocycles. The van der Waals surface area contributed by atoms with Crippen molar-refractivity contribution in [2.75, 3.05) is 0 Å². The van der Waals surface area contributed by atoms with Crippen molar-refractivity contribution in [1.82, 2.24) is 4.98 Å². The Kier molecular flexibility index (Phi) is 3.12. The van der Waals surface area contributed by atoms with Crippen LogP contribution in [0.5, 0.6) is 5.75 Å². The summed E-state index contributed by atoms with van der Waals surface area (Å²) in [5.74, 6) is -0.645. The SMILES string of the molecule is CC(OS(=O)(=O)O)c1[nH]ccc(=O)c1O.